The molecule has 0 saturated heterocycles. The summed E-state index contributed by atoms with van der Waals surface area (Å²) in [6.45, 7) is 6.52. The van der Waals surface area contributed by atoms with E-state index in [-0.39, 0.29) is 5.91 Å². The number of aryl methyl sites for hydroxylation is 2. The number of hydrogen-bond donors (Lipinski definition) is 1. The number of carbonyl (C=O) groups excluding carboxylic acids is 1. The highest BCUT2D eigenvalue weighted by Gasteiger charge is 2.09. The zero-order valence-corrected chi connectivity index (χ0v) is 13.6. The molecule has 0 radical (unpaired) electrons. The van der Waals surface area contributed by atoms with E-state index >= 15 is 0 Å². The number of rotatable bonds is 4. The summed E-state index contributed by atoms with van der Waals surface area (Å²) in [6, 6.07) is 12.0. The van der Waals surface area contributed by atoms with Crippen molar-refractivity contribution in [3.8, 4) is 11.5 Å². The van der Waals surface area contributed by atoms with Crippen LogP contribution in [-0.2, 0) is 11.3 Å². The molecule has 1 aromatic heterocycles. The molecule has 4 heteroatoms. The third kappa shape index (κ3) is 3.26. The minimum Gasteiger partial charge on any atom is -0.436 e. The van der Waals surface area contributed by atoms with Gasteiger partial charge in [-0.15, -0.1) is 0 Å². The Balaban J connectivity index is 1.83. The number of oxazole rings is 1. The lowest BCUT2D eigenvalue weighted by Crippen LogP contribution is -2.21. The summed E-state index contributed by atoms with van der Waals surface area (Å²) in [4.78, 5) is 15.9. The number of fused-ring (bicyclic) bond motifs is 1. The largest absolute Gasteiger partial charge is 0.436 e. The Morgan fingerprint density at radius 1 is 1.13 bits per heavy atom. The summed E-state index contributed by atoms with van der Waals surface area (Å²) in [6.07, 6.45) is 0.500. The van der Waals surface area contributed by atoms with Crippen molar-refractivity contribution in [2.75, 3.05) is 0 Å². The highest BCUT2D eigenvalue weighted by molar-refractivity contribution is 5.78. The van der Waals surface area contributed by atoms with E-state index in [4.69, 9.17) is 4.42 Å². The predicted molar refractivity (Wildman–Crippen MR) is 91.1 cm³/mol. The predicted octanol–water partition coefficient (Wildman–Crippen LogP) is 4.14. The van der Waals surface area contributed by atoms with Crippen LogP contribution < -0.4 is 5.32 Å². The molecule has 2 aromatic carbocycles. The summed E-state index contributed by atoms with van der Waals surface area (Å²) in [5, 5.41) is 2.86. The van der Waals surface area contributed by atoms with Gasteiger partial charge in [-0.1, -0.05) is 19.1 Å². The summed E-state index contributed by atoms with van der Waals surface area (Å²) in [7, 11) is 0. The molecule has 0 bridgehead atoms. The Kier molecular flexibility index (Phi) is 4.15. The second-order valence-corrected chi connectivity index (χ2v) is 5.75. The second kappa shape index (κ2) is 6.24. The first kappa shape index (κ1) is 15.3. The van der Waals surface area contributed by atoms with Gasteiger partial charge in [-0.3, -0.25) is 4.79 Å². The average Bonchev–Trinajstić information content (AvgIpc) is 2.96. The summed E-state index contributed by atoms with van der Waals surface area (Å²) < 4.78 is 5.86. The molecule has 3 rings (SSSR count). The van der Waals surface area contributed by atoms with Crippen LogP contribution in [0.2, 0.25) is 0 Å². The minimum absolute atomic E-state index is 0.0544. The third-order valence-electron chi connectivity index (χ3n) is 4.02. The van der Waals surface area contributed by atoms with Crippen molar-refractivity contribution >= 4 is 17.0 Å². The zero-order valence-electron chi connectivity index (χ0n) is 13.6. The van der Waals surface area contributed by atoms with Gasteiger partial charge in [0.05, 0.1) is 0 Å². The molecule has 1 N–H and O–H groups in total. The van der Waals surface area contributed by atoms with Crippen LogP contribution in [0.5, 0.6) is 0 Å². The third-order valence-corrected chi connectivity index (χ3v) is 4.02. The minimum atomic E-state index is 0.0544. The van der Waals surface area contributed by atoms with Crippen molar-refractivity contribution in [2.24, 2.45) is 0 Å². The lowest BCUT2D eigenvalue weighted by atomic mass is 10.1. The van der Waals surface area contributed by atoms with Crippen molar-refractivity contribution in [3.63, 3.8) is 0 Å². The van der Waals surface area contributed by atoms with Crippen molar-refractivity contribution in [1.82, 2.24) is 10.3 Å². The smallest absolute Gasteiger partial charge is 0.227 e. The molecule has 0 aliphatic rings. The van der Waals surface area contributed by atoms with Gasteiger partial charge in [0, 0.05) is 18.5 Å². The van der Waals surface area contributed by atoms with Crippen LogP contribution in [0.1, 0.15) is 30.0 Å². The number of hydrogen-bond acceptors (Lipinski definition) is 3. The topological polar surface area (TPSA) is 55.1 Å². The molecule has 0 fully saturated rings. The highest BCUT2D eigenvalue weighted by atomic mass is 16.3. The average molecular weight is 308 g/mol. The molecular weight excluding hydrogens is 288 g/mol. The zero-order chi connectivity index (χ0) is 16.4. The van der Waals surface area contributed by atoms with E-state index in [9.17, 15) is 4.79 Å². The molecular formula is C19H20N2O2. The molecule has 118 valence electrons. The number of nitrogens with zero attached hydrogens (tertiary/aromatic N) is 1. The van der Waals surface area contributed by atoms with Crippen LogP contribution in [0.4, 0.5) is 0 Å². The SMILES string of the molecule is CCC(=O)NCc1ccc(-c2nc3cc(C)c(C)cc3o2)cc1. The number of benzene rings is 2. The summed E-state index contributed by atoms with van der Waals surface area (Å²) in [5.41, 5.74) is 6.08. The lowest BCUT2D eigenvalue weighted by molar-refractivity contribution is -0.120. The molecule has 4 nitrogen and oxygen atoms in total. The number of nitrogens with one attached hydrogen (secondary N) is 1. The quantitative estimate of drug-likeness (QED) is 0.788. The normalized spacial score (nSPS) is 10.9. The van der Waals surface area contributed by atoms with Gasteiger partial charge in [-0.2, -0.15) is 0 Å². The molecule has 3 aromatic rings. The number of amides is 1. The van der Waals surface area contributed by atoms with Gasteiger partial charge in [-0.25, -0.2) is 4.98 Å². The second-order valence-electron chi connectivity index (χ2n) is 5.75. The fourth-order valence-electron chi connectivity index (χ4n) is 2.39. The first-order valence-corrected chi connectivity index (χ1v) is 7.80. The molecule has 23 heavy (non-hydrogen) atoms. The van der Waals surface area contributed by atoms with E-state index in [1.54, 1.807) is 0 Å². The maximum atomic E-state index is 11.3. The van der Waals surface area contributed by atoms with Crippen LogP contribution in [0.3, 0.4) is 0 Å². The maximum Gasteiger partial charge on any atom is 0.227 e. The molecule has 0 spiro atoms. The van der Waals surface area contributed by atoms with Crippen molar-refractivity contribution < 1.29 is 9.21 Å². The fraction of sp³-hybridized carbons (Fsp3) is 0.263. The van der Waals surface area contributed by atoms with Gasteiger partial charge in [0.15, 0.2) is 5.58 Å². The molecule has 0 unspecified atom stereocenters. The van der Waals surface area contributed by atoms with E-state index in [2.05, 4.69) is 24.1 Å². The molecule has 0 saturated carbocycles. The van der Waals surface area contributed by atoms with Gasteiger partial charge in [-0.05, 0) is 54.8 Å². The Labute approximate surface area is 135 Å². The Hall–Kier alpha value is -2.62. The first-order chi connectivity index (χ1) is 11.1. The van der Waals surface area contributed by atoms with Crippen LogP contribution in [-0.4, -0.2) is 10.9 Å². The van der Waals surface area contributed by atoms with Crippen LogP contribution >= 0.6 is 0 Å². The van der Waals surface area contributed by atoms with Gasteiger partial charge in [0.25, 0.3) is 0 Å². The number of carbonyl (C=O) groups is 1. The Bertz CT molecular complexity index is 809. The molecule has 0 aliphatic carbocycles. The molecule has 1 heterocycles. The van der Waals surface area contributed by atoms with E-state index < -0.39 is 0 Å². The van der Waals surface area contributed by atoms with Gasteiger partial charge < -0.3 is 9.73 Å². The van der Waals surface area contributed by atoms with Crippen molar-refractivity contribution in [2.45, 2.75) is 33.7 Å². The van der Waals surface area contributed by atoms with Gasteiger partial charge >= 0.3 is 0 Å². The number of aromatic nitrogens is 1. The summed E-state index contributed by atoms with van der Waals surface area (Å²) in [5.74, 6) is 0.674. The Morgan fingerprint density at radius 3 is 2.52 bits per heavy atom. The highest BCUT2D eigenvalue weighted by Crippen LogP contribution is 2.26. The molecule has 1 amide bonds. The van der Waals surface area contributed by atoms with Crippen molar-refractivity contribution in [1.29, 1.82) is 0 Å². The van der Waals surface area contributed by atoms with E-state index in [1.165, 1.54) is 11.1 Å². The van der Waals surface area contributed by atoms with E-state index in [0.29, 0.717) is 18.9 Å². The van der Waals surface area contributed by atoms with Crippen LogP contribution in [0, 0.1) is 13.8 Å². The monoisotopic (exact) mass is 308 g/mol. The van der Waals surface area contributed by atoms with Crippen LogP contribution in [0.25, 0.3) is 22.6 Å². The van der Waals surface area contributed by atoms with Gasteiger partial charge in [0.2, 0.25) is 11.8 Å². The van der Waals surface area contributed by atoms with Crippen LogP contribution in [0.15, 0.2) is 40.8 Å². The van der Waals surface area contributed by atoms with E-state index in [1.807, 2.05) is 43.3 Å². The van der Waals surface area contributed by atoms with Crippen molar-refractivity contribution in [3.05, 3.63) is 53.1 Å². The summed E-state index contributed by atoms with van der Waals surface area (Å²) >= 11 is 0. The lowest BCUT2D eigenvalue weighted by Gasteiger charge is -2.04. The Morgan fingerprint density at radius 2 is 1.83 bits per heavy atom. The fourth-order valence-corrected chi connectivity index (χ4v) is 2.39. The molecule has 0 atom stereocenters. The molecule has 0 aliphatic heterocycles. The maximum absolute atomic E-state index is 11.3. The first-order valence-electron chi connectivity index (χ1n) is 7.80. The van der Waals surface area contributed by atoms with E-state index in [0.717, 1.165) is 22.2 Å². The standard InChI is InChI=1S/C19H20N2O2/c1-4-18(22)20-11-14-5-7-15(8-6-14)19-21-16-9-12(2)13(3)10-17(16)23-19/h5-10H,4,11H2,1-3H3,(H,20,22). The van der Waals surface area contributed by atoms with Gasteiger partial charge in [0.1, 0.15) is 5.52 Å².